The number of anilines is 1. The lowest BCUT2D eigenvalue weighted by Crippen LogP contribution is -2.16. The zero-order valence-corrected chi connectivity index (χ0v) is 22.7. The van der Waals surface area contributed by atoms with E-state index in [1.807, 2.05) is 93.6 Å². The Morgan fingerprint density at radius 2 is 1.71 bits per heavy atom. The first-order valence-electron chi connectivity index (χ1n) is 12.3. The summed E-state index contributed by atoms with van der Waals surface area (Å²) in [6.07, 6.45) is 0. The number of carbonyl (C=O) groups excluding carboxylic acids is 1. The normalized spacial score (nSPS) is 10.5. The van der Waals surface area contributed by atoms with Gasteiger partial charge in [-0.25, -0.2) is 4.98 Å². The molecule has 0 aliphatic carbocycles. The van der Waals surface area contributed by atoms with Gasteiger partial charge in [0, 0.05) is 16.8 Å². The maximum atomic E-state index is 12.9. The number of nitrogens with one attached hydrogen (secondary N) is 1. The van der Waals surface area contributed by atoms with E-state index in [4.69, 9.17) is 14.5 Å². The van der Waals surface area contributed by atoms with Crippen LogP contribution in [0.5, 0.6) is 11.5 Å². The van der Waals surface area contributed by atoms with Gasteiger partial charge in [-0.15, -0.1) is 0 Å². The van der Waals surface area contributed by atoms with E-state index in [-0.39, 0.29) is 11.7 Å². The van der Waals surface area contributed by atoms with Crippen molar-refractivity contribution >= 4 is 23.4 Å². The number of aromatic nitrogens is 1. The molecule has 7 heteroatoms. The molecule has 0 saturated heterocycles. The van der Waals surface area contributed by atoms with E-state index in [9.17, 15) is 10.1 Å². The Morgan fingerprint density at radius 1 is 0.974 bits per heavy atom. The highest BCUT2D eigenvalue weighted by Crippen LogP contribution is 2.38. The summed E-state index contributed by atoms with van der Waals surface area (Å²) in [6, 6.07) is 25.5. The highest BCUT2D eigenvalue weighted by Gasteiger charge is 2.19. The van der Waals surface area contributed by atoms with Gasteiger partial charge < -0.3 is 14.8 Å². The third kappa shape index (κ3) is 5.99. The number of amides is 1. The van der Waals surface area contributed by atoms with Crippen molar-refractivity contribution in [3.05, 3.63) is 89.5 Å². The number of benzene rings is 3. The molecule has 0 fully saturated rings. The van der Waals surface area contributed by atoms with Crippen molar-refractivity contribution in [2.24, 2.45) is 0 Å². The molecular formula is C31H29N3O3S. The van der Waals surface area contributed by atoms with Crippen LogP contribution in [0.1, 0.15) is 23.6 Å². The average Bonchev–Trinajstić information content (AvgIpc) is 2.94. The third-order valence-electron chi connectivity index (χ3n) is 6.03. The molecule has 0 atom stereocenters. The summed E-state index contributed by atoms with van der Waals surface area (Å²) in [7, 11) is 1.59. The predicted octanol–water partition coefficient (Wildman–Crippen LogP) is 7.04. The van der Waals surface area contributed by atoms with Crippen molar-refractivity contribution in [3.8, 4) is 40.0 Å². The molecule has 0 unspecified atom stereocenters. The van der Waals surface area contributed by atoms with E-state index < -0.39 is 0 Å². The maximum Gasteiger partial charge on any atom is 0.234 e. The van der Waals surface area contributed by atoms with Gasteiger partial charge in [0.05, 0.1) is 30.7 Å². The third-order valence-corrected chi connectivity index (χ3v) is 7.00. The minimum absolute atomic E-state index is 0.111. The molecule has 4 rings (SSSR count). The number of ether oxygens (including phenoxy) is 2. The van der Waals surface area contributed by atoms with Crippen LogP contribution >= 0.6 is 11.8 Å². The van der Waals surface area contributed by atoms with Crippen molar-refractivity contribution in [3.63, 3.8) is 0 Å². The Hall–Kier alpha value is -4.28. The number of aryl methyl sites for hydroxylation is 2. The minimum Gasteiger partial charge on any atom is -0.493 e. The lowest BCUT2D eigenvalue weighted by atomic mass is 9.99. The molecule has 4 aromatic rings. The number of hydrogen-bond donors (Lipinski definition) is 1. The van der Waals surface area contributed by atoms with E-state index in [0.29, 0.717) is 40.0 Å². The second-order valence-corrected chi connectivity index (χ2v) is 9.58. The van der Waals surface area contributed by atoms with Gasteiger partial charge in [-0.05, 0) is 55.7 Å². The number of para-hydroxylation sites is 1. The van der Waals surface area contributed by atoms with Crippen molar-refractivity contribution in [1.82, 2.24) is 4.98 Å². The fourth-order valence-corrected chi connectivity index (χ4v) is 4.95. The standard InChI is InChI=1S/C31H29N3O3S/c1-5-37-27-15-14-23(16-28(27)36-4)24-17-26(22-12-7-6-8-13-22)33-31(25(24)18-32)38-19-29(35)34-30-20(2)10-9-11-21(30)3/h6-17H,5,19H2,1-4H3,(H,34,35). The van der Waals surface area contributed by atoms with Gasteiger partial charge in [0.15, 0.2) is 11.5 Å². The molecule has 0 spiro atoms. The molecular weight excluding hydrogens is 494 g/mol. The lowest BCUT2D eigenvalue weighted by Gasteiger charge is -2.15. The van der Waals surface area contributed by atoms with Crippen LogP contribution in [-0.2, 0) is 4.79 Å². The topological polar surface area (TPSA) is 84.2 Å². The number of nitrogens with zero attached hydrogens (tertiary/aromatic N) is 2. The molecule has 6 nitrogen and oxygen atoms in total. The monoisotopic (exact) mass is 523 g/mol. The summed E-state index contributed by atoms with van der Waals surface area (Å²) in [5.74, 6) is 1.16. The smallest absolute Gasteiger partial charge is 0.234 e. The highest BCUT2D eigenvalue weighted by atomic mass is 32.2. The molecule has 192 valence electrons. The van der Waals surface area contributed by atoms with Crippen molar-refractivity contribution in [2.45, 2.75) is 25.8 Å². The molecule has 0 aliphatic heterocycles. The van der Waals surface area contributed by atoms with Gasteiger partial charge >= 0.3 is 0 Å². The van der Waals surface area contributed by atoms with Gasteiger partial charge in [-0.3, -0.25) is 4.79 Å². The van der Waals surface area contributed by atoms with Crippen molar-refractivity contribution in [1.29, 1.82) is 5.26 Å². The Labute approximate surface area is 227 Å². The summed E-state index contributed by atoms with van der Waals surface area (Å²) in [5, 5.41) is 13.7. The van der Waals surface area contributed by atoms with Crippen molar-refractivity contribution in [2.75, 3.05) is 24.8 Å². The first kappa shape index (κ1) is 26.8. The zero-order valence-electron chi connectivity index (χ0n) is 21.9. The lowest BCUT2D eigenvalue weighted by molar-refractivity contribution is -0.113. The van der Waals surface area contributed by atoms with Gasteiger partial charge in [0.2, 0.25) is 5.91 Å². The Balaban J connectivity index is 1.73. The molecule has 0 aliphatic rings. The summed E-state index contributed by atoms with van der Waals surface area (Å²) in [6.45, 7) is 6.35. The van der Waals surface area contributed by atoms with Crippen LogP contribution in [0.15, 0.2) is 77.8 Å². The molecule has 38 heavy (non-hydrogen) atoms. The Kier molecular flexibility index (Phi) is 8.67. The number of nitriles is 1. The second-order valence-electron chi connectivity index (χ2n) is 8.62. The van der Waals surface area contributed by atoms with Crippen LogP contribution < -0.4 is 14.8 Å². The first-order valence-corrected chi connectivity index (χ1v) is 13.2. The van der Waals surface area contributed by atoms with E-state index >= 15 is 0 Å². The second kappa shape index (κ2) is 12.3. The summed E-state index contributed by atoms with van der Waals surface area (Å²) >= 11 is 1.25. The molecule has 1 aromatic heterocycles. The molecule has 3 aromatic carbocycles. The number of carbonyl (C=O) groups is 1. The fourth-order valence-electron chi connectivity index (χ4n) is 4.15. The average molecular weight is 524 g/mol. The zero-order chi connectivity index (χ0) is 27.1. The van der Waals surface area contributed by atoms with E-state index in [0.717, 1.165) is 27.9 Å². The number of pyridine rings is 1. The number of thioether (sulfide) groups is 1. The minimum atomic E-state index is -0.160. The van der Waals surface area contributed by atoms with E-state index in [1.165, 1.54) is 11.8 Å². The van der Waals surface area contributed by atoms with Gasteiger partial charge in [-0.2, -0.15) is 5.26 Å². The van der Waals surface area contributed by atoms with Crippen LogP contribution in [0.2, 0.25) is 0 Å². The first-order chi connectivity index (χ1) is 18.4. The molecule has 1 N–H and O–H groups in total. The van der Waals surface area contributed by atoms with Crippen LogP contribution in [-0.4, -0.2) is 30.4 Å². The number of methoxy groups -OCH3 is 1. The molecule has 0 radical (unpaired) electrons. The molecule has 0 saturated carbocycles. The Bertz CT molecular complexity index is 1480. The summed E-state index contributed by atoms with van der Waals surface area (Å²) < 4.78 is 11.2. The molecule has 0 bridgehead atoms. The van der Waals surface area contributed by atoms with Crippen molar-refractivity contribution < 1.29 is 14.3 Å². The largest absolute Gasteiger partial charge is 0.493 e. The molecule has 1 heterocycles. The summed E-state index contributed by atoms with van der Waals surface area (Å²) in [5.41, 5.74) is 6.34. The van der Waals surface area contributed by atoms with Crippen LogP contribution in [0.25, 0.3) is 22.4 Å². The maximum absolute atomic E-state index is 12.9. The number of rotatable bonds is 9. The van der Waals surface area contributed by atoms with Gasteiger partial charge in [-0.1, -0.05) is 66.4 Å². The van der Waals surface area contributed by atoms with Gasteiger partial charge in [0.1, 0.15) is 11.1 Å². The quantitative estimate of drug-likeness (QED) is 0.237. The fraction of sp³-hybridized carbons (Fsp3) is 0.194. The summed E-state index contributed by atoms with van der Waals surface area (Å²) in [4.78, 5) is 17.7. The van der Waals surface area contributed by atoms with E-state index in [2.05, 4.69) is 11.4 Å². The predicted molar refractivity (Wildman–Crippen MR) is 153 cm³/mol. The highest BCUT2D eigenvalue weighted by molar-refractivity contribution is 8.00. The van der Waals surface area contributed by atoms with Gasteiger partial charge in [0.25, 0.3) is 0 Å². The van der Waals surface area contributed by atoms with Crippen LogP contribution in [0, 0.1) is 25.2 Å². The Morgan fingerprint density at radius 3 is 2.37 bits per heavy atom. The van der Waals surface area contributed by atoms with Crippen LogP contribution in [0.4, 0.5) is 5.69 Å². The number of hydrogen-bond acceptors (Lipinski definition) is 6. The van der Waals surface area contributed by atoms with Crippen LogP contribution in [0.3, 0.4) is 0 Å². The van der Waals surface area contributed by atoms with E-state index in [1.54, 1.807) is 7.11 Å². The SMILES string of the molecule is CCOc1ccc(-c2cc(-c3ccccc3)nc(SCC(=O)Nc3c(C)cccc3C)c2C#N)cc1OC. The molecule has 1 amide bonds.